The van der Waals surface area contributed by atoms with Gasteiger partial charge in [0.25, 0.3) is 0 Å². The fourth-order valence-corrected chi connectivity index (χ4v) is 1.71. The molecule has 1 aromatic carbocycles. The molecule has 0 amide bonds. The number of carbonyl (C=O) groups excluding carboxylic acids is 1. The van der Waals surface area contributed by atoms with Crippen molar-refractivity contribution >= 4 is 5.78 Å². The predicted octanol–water partition coefficient (Wildman–Crippen LogP) is 4.89. The summed E-state index contributed by atoms with van der Waals surface area (Å²) < 4.78 is 0. The third kappa shape index (κ3) is 9.29. The van der Waals surface area contributed by atoms with Crippen molar-refractivity contribution in [3.05, 3.63) is 29.8 Å². The first-order chi connectivity index (χ1) is 9.15. The second kappa shape index (κ2) is 11.8. The summed E-state index contributed by atoms with van der Waals surface area (Å²) in [5.74, 6) is 0.786. The van der Waals surface area contributed by atoms with Gasteiger partial charge in [-0.1, -0.05) is 58.2 Å². The number of unbranched alkanes of at least 4 members (excludes halogenated alkanes) is 3. The highest BCUT2D eigenvalue weighted by Crippen LogP contribution is 2.18. The Balaban J connectivity index is 0.000000459. The number of aromatic hydroxyl groups is 1. The van der Waals surface area contributed by atoms with Crippen LogP contribution in [-0.4, -0.2) is 10.9 Å². The Kier molecular flexibility index (Phi) is 11.0. The lowest BCUT2D eigenvalue weighted by Crippen LogP contribution is -1.88. The molecule has 0 aliphatic heterocycles. The molecule has 2 nitrogen and oxygen atoms in total. The van der Waals surface area contributed by atoms with Crippen molar-refractivity contribution in [1.29, 1.82) is 0 Å². The van der Waals surface area contributed by atoms with Gasteiger partial charge >= 0.3 is 0 Å². The molecule has 0 heterocycles. The minimum atomic E-state index is 0.343. The van der Waals surface area contributed by atoms with Crippen molar-refractivity contribution in [3.63, 3.8) is 0 Å². The van der Waals surface area contributed by atoms with Crippen LogP contribution in [0.3, 0.4) is 0 Å². The van der Waals surface area contributed by atoms with Gasteiger partial charge in [-0.05, 0) is 24.5 Å². The molecule has 0 fully saturated rings. The van der Waals surface area contributed by atoms with Gasteiger partial charge in [-0.15, -0.1) is 0 Å². The number of phenolic OH excluding ortho intramolecular Hbond substituents is 1. The summed E-state index contributed by atoms with van der Waals surface area (Å²) in [4.78, 5) is 10.2. The van der Waals surface area contributed by atoms with Crippen molar-refractivity contribution in [2.45, 2.75) is 65.7 Å². The SMILES string of the molecule is CCC(=O)CC.CCCCCCc1ccccc1O. The normalized spacial score (nSPS) is 9.63. The summed E-state index contributed by atoms with van der Waals surface area (Å²) in [6, 6.07) is 7.61. The molecule has 0 unspecified atom stereocenters. The van der Waals surface area contributed by atoms with Crippen LogP contribution in [0.25, 0.3) is 0 Å². The van der Waals surface area contributed by atoms with E-state index in [1.807, 2.05) is 32.0 Å². The van der Waals surface area contributed by atoms with Gasteiger partial charge in [0.2, 0.25) is 0 Å². The third-order valence-electron chi connectivity index (χ3n) is 3.08. The van der Waals surface area contributed by atoms with Crippen molar-refractivity contribution < 1.29 is 9.90 Å². The van der Waals surface area contributed by atoms with Crippen LogP contribution < -0.4 is 0 Å². The molecule has 0 aromatic heterocycles. The van der Waals surface area contributed by atoms with E-state index >= 15 is 0 Å². The van der Waals surface area contributed by atoms with Crippen LogP contribution in [0.2, 0.25) is 0 Å². The zero-order valence-corrected chi connectivity index (χ0v) is 12.6. The molecule has 0 atom stereocenters. The van der Waals surface area contributed by atoms with E-state index in [-0.39, 0.29) is 0 Å². The molecule has 0 spiro atoms. The zero-order chi connectivity index (χ0) is 14.5. The molecule has 0 saturated carbocycles. The number of Topliss-reactive ketones (excluding diaryl/α,β-unsaturated/α-hetero) is 1. The molecule has 1 rings (SSSR count). The molecule has 1 N–H and O–H groups in total. The second-order valence-corrected chi connectivity index (χ2v) is 4.69. The lowest BCUT2D eigenvalue weighted by molar-refractivity contribution is -0.118. The van der Waals surface area contributed by atoms with Crippen LogP contribution in [0.15, 0.2) is 24.3 Å². The molecule has 0 aliphatic carbocycles. The van der Waals surface area contributed by atoms with Gasteiger partial charge in [-0.2, -0.15) is 0 Å². The summed E-state index contributed by atoms with van der Waals surface area (Å²) in [6.07, 6.45) is 7.41. The highest BCUT2D eigenvalue weighted by Gasteiger charge is 1.98. The summed E-state index contributed by atoms with van der Waals surface area (Å²) in [5, 5.41) is 9.47. The van der Waals surface area contributed by atoms with Crippen molar-refractivity contribution in [3.8, 4) is 5.75 Å². The van der Waals surface area contributed by atoms with Gasteiger partial charge < -0.3 is 5.11 Å². The Hall–Kier alpha value is -1.31. The van der Waals surface area contributed by atoms with Gasteiger partial charge in [-0.25, -0.2) is 0 Å². The van der Waals surface area contributed by atoms with E-state index in [1.54, 1.807) is 6.07 Å². The monoisotopic (exact) mass is 264 g/mol. The second-order valence-electron chi connectivity index (χ2n) is 4.69. The lowest BCUT2D eigenvalue weighted by atomic mass is 10.1. The van der Waals surface area contributed by atoms with E-state index in [1.165, 1.54) is 25.7 Å². The van der Waals surface area contributed by atoms with Gasteiger partial charge in [0.15, 0.2) is 0 Å². The number of carbonyl (C=O) groups is 1. The Morgan fingerprint density at radius 2 is 1.63 bits per heavy atom. The number of aryl methyl sites for hydroxylation is 1. The molecule has 108 valence electrons. The van der Waals surface area contributed by atoms with E-state index in [2.05, 4.69) is 6.92 Å². The summed E-state index contributed by atoms with van der Waals surface area (Å²) >= 11 is 0. The van der Waals surface area contributed by atoms with Crippen molar-refractivity contribution in [2.75, 3.05) is 0 Å². The smallest absolute Gasteiger partial charge is 0.132 e. The molecule has 19 heavy (non-hydrogen) atoms. The standard InChI is InChI=1S/C12H18O.C5H10O/c1-2-3-4-5-8-11-9-6-7-10-12(11)13;1-3-5(6)4-2/h6-7,9-10,13H,2-5,8H2,1H3;3-4H2,1-2H3. The number of ketones is 1. The highest BCUT2D eigenvalue weighted by molar-refractivity contribution is 5.77. The first-order valence-electron chi connectivity index (χ1n) is 7.44. The Bertz CT molecular complexity index is 339. The average molecular weight is 264 g/mol. The first kappa shape index (κ1) is 17.7. The van der Waals surface area contributed by atoms with Gasteiger partial charge in [-0.3, -0.25) is 4.79 Å². The molecular weight excluding hydrogens is 236 g/mol. The molecule has 0 bridgehead atoms. The van der Waals surface area contributed by atoms with E-state index in [4.69, 9.17) is 0 Å². The van der Waals surface area contributed by atoms with E-state index < -0.39 is 0 Å². The van der Waals surface area contributed by atoms with Crippen molar-refractivity contribution in [2.24, 2.45) is 0 Å². The molecular formula is C17H28O2. The van der Waals surface area contributed by atoms with Crippen molar-refractivity contribution in [1.82, 2.24) is 0 Å². The van der Waals surface area contributed by atoms with Crippen LogP contribution in [0.1, 0.15) is 64.9 Å². The predicted molar refractivity (Wildman–Crippen MR) is 81.5 cm³/mol. The summed E-state index contributed by atoms with van der Waals surface area (Å²) in [6.45, 7) is 5.97. The van der Waals surface area contributed by atoms with Gasteiger partial charge in [0.05, 0.1) is 0 Å². The topological polar surface area (TPSA) is 37.3 Å². The average Bonchev–Trinajstić information content (AvgIpc) is 2.45. The van der Waals surface area contributed by atoms with Gasteiger partial charge in [0.1, 0.15) is 11.5 Å². The Labute approximate surface area is 117 Å². The quantitative estimate of drug-likeness (QED) is 0.712. The fraction of sp³-hybridized carbons (Fsp3) is 0.588. The van der Waals surface area contributed by atoms with Crippen LogP contribution in [0.4, 0.5) is 0 Å². The zero-order valence-electron chi connectivity index (χ0n) is 12.6. The molecule has 0 radical (unpaired) electrons. The Morgan fingerprint density at radius 3 is 2.11 bits per heavy atom. The van der Waals surface area contributed by atoms with Crippen LogP contribution in [0.5, 0.6) is 5.75 Å². The van der Waals surface area contributed by atoms with Crippen LogP contribution in [-0.2, 0) is 11.2 Å². The molecule has 0 saturated heterocycles. The highest BCUT2D eigenvalue weighted by atomic mass is 16.3. The number of para-hydroxylation sites is 1. The third-order valence-corrected chi connectivity index (χ3v) is 3.08. The minimum Gasteiger partial charge on any atom is -0.508 e. The number of hydrogen-bond donors (Lipinski definition) is 1. The molecule has 1 aromatic rings. The summed E-state index contributed by atoms with van der Waals surface area (Å²) in [5.41, 5.74) is 1.08. The minimum absolute atomic E-state index is 0.343. The number of phenols is 1. The fourth-order valence-electron chi connectivity index (χ4n) is 1.71. The molecule has 2 heteroatoms. The largest absolute Gasteiger partial charge is 0.508 e. The maximum atomic E-state index is 10.2. The number of benzene rings is 1. The van der Waals surface area contributed by atoms with Gasteiger partial charge in [0, 0.05) is 12.8 Å². The maximum Gasteiger partial charge on any atom is 0.132 e. The Morgan fingerprint density at radius 1 is 1.00 bits per heavy atom. The maximum absolute atomic E-state index is 10.2. The van der Waals surface area contributed by atoms with E-state index in [0.29, 0.717) is 24.4 Å². The van der Waals surface area contributed by atoms with Crippen LogP contribution in [0, 0.1) is 0 Å². The first-order valence-corrected chi connectivity index (χ1v) is 7.44. The van der Waals surface area contributed by atoms with E-state index in [0.717, 1.165) is 12.0 Å². The number of rotatable bonds is 7. The lowest BCUT2D eigenvalue weighted by Gasteiger charge is -2.03. The molecule has 0 aliphatic rings. The number of hydrogen-bond acceptors (Lipinski definition) is 2. The van der Waals surface area contributed by atoms with E-state index in [9.17, 15) is 9.90 Å². The summed E-state index contributed by atoms with van der Waals surface area (Å²) in [7, 11) is 0. The van der Waals surface area contributed by atoms with Crippen LogP contribution >= 0.6 is 0 Å².